The number of nitrogens with zero attached hydrogens (tertiary/aromatic N) is 5. The summed E-state index contributed by atoms with van der Waals surface area (Å²) in [5.41, 5.74) is 3.07. The highest BCUT2D eigenvalue weighted by Crippen LogP contribution is 2.26. The molecule has 1 saturated heterocycles. The van der Waals surface area contributed by atoms with Gasteiger partial charge in [0.15, 0.2) is 10.6 Å². The second kappa shape index (κ2) is 8.47. The van der Waals surface area contributed by atoms with Crippen LogP contribution in [0.4, 0.5) is 10.1 Å². The normalized spacial score (nSPS) is 14.1. The minimum atomic E-state index is -0.296. The predicted molar refractivity (Wildman–Crippen MR) is 117 cm³/mol. The molecule has 1 fully saturated rings. The summed E-state index contributed by atoms with van der Waals surface area (Å²) in [5, 5.41) is 4.61. The molecule has 0 amide bonds. The first-order valence-corrected chi connectivity index (χ1v) is 10.4. The van der Waals surface area contributed by atoms with Crippen molar-refractivity contribution in [2.45, 2.75) is 26.1 Å². The van der Waals surface area contributed by atoms with E-state index < -0.39 is 0 Å². The molecule has 0 radical (unpaired) electrons. The summed E-state index contributed by atoms with van der Waals surface area (Å²) in [4.78, 5) is 4.65. The van der Waals surface area contributed by atoms with E-state index >= 15 is 0 Å². The van der Waals surface area contributed by atoms with Gasteiger partial charge in [-0.25, -0.2) is 9.07 Å². The van der Waals surface area contributed by atoms with Crippen LogP contribution in [0.2, 0.25) is 0 Å². The van der Waals surface area contributed by atoms with Crippen LogP contribution >= 0.6 is 12.2 Å². The van der Waals surface area contributed by atoms with Gasteiger partial charge in [-0.05, 0) is 55.9 Å². The van der Waals surface area contributed by atoms with Gasteiger partial charge in [0.05, 0.1) is 12.2 Å². The van der Waals surface area contributed by atoms with E-state index in [1.165, 1.54) is 30.2 Å². The van der Waals surface area contributed by atoms with Crippen LogP contribution in [0.3, 0.4) is 0 Å². The molecule has 0 unspecified atom stereocenters. The average molecular weight is 412 g/mol. The van der Waals surface area contributed by atoms with E-state index in [0.29, 0.717) is 22.8 Å². The van der Waals surface area contributed by atoms with Gasteiger partial charge < -0.3 is 9.47 Å². The zero-order valence-electron chi connectivity index (χ0n) is 16.9. The van der Waals surface area contributed by atoms with Gasteiger partial charge in [0.1, 0.15) is 5.82 Å². The van der Waals surface area contributed by atoms with Crippen LogP contribution in [-0.4, -0.2) is 39.4 Å². The average Bonchev–Trinajstić information content (AvgIpc) is 3.34. The van der Waals surface area contributed by atoms with Crippen molar-refractivity contribution in [3.8, 4) is 11.4 Å². The van der Waals surface area contributed by atoms with E-state index in [1.807, 2.05) is 13.1 Å². The topological polar surface area (TPSA) is 29.2 Å². The Morgan fingerprint density at radius 2 is 1.76 bits per heavy atom. The zero-order valence-corrected chi connectivity index (χ0v) is 17.7. The fraction of sp³-hybridized carbons (Fsp3) is 0.364. The summed E-state index contributed by atoms with van der Waals surface area (Å²) >= 11 is 5.56. The molecule has 7 heteroatoms. The van der Waals surface area contributed by atoms with Crippen molar-refractivity contribution in [3.05, 3.63) is 64.7 Å². The number of anilines is 1. The third-order valence-corrected chi connectivity index (χ3v) is 5.89. The molecule has 4 rings (SSSR count). The Bertz CT molecular complexity index is 1050. The van der Waals surface area contributed by atoms with Crippen LogP contribution in [0.25, 0.3) is 11.4 Å². The largest absolute Gasteiger partial charge is 0.371 e. The highest BCUT2D eigenvalue weighted by atomic mass is 32.1. The van der Waals surface area contributed by atoms with Crippen LogP contribution in [-0.2, 0) is 20.3 Å². The lowest BCUT2D eigenvalue weighted by Crippen LogP contribution is -2.25. The molecular weight excluding hydrogens is 385 g/mol. The van der Waals surface area contributed by atoms with Crippen LogP contribution in [0.1, 0.15) is 18.4 Å². The highest BCUT2D eigenvalue weighted by molar-refractivity contribution is 7.71. The van der Waals surface area contributed by atoms with Gasteiger partial charge in [0, 0.05) is 32.4 Å². The number of hydrogen-bond donors (Lipinski definition) is 0. The van der Waals surface area contributed by atoms with E-state index in [2.05, 4.69) is 46.2 Å². The molecule has 1 aromatic heterocycles. The van der Waals surface area contributed by atoms with Crippen molar-refractivity contribution >= 4 is 17.9 Å². The summed E-state index contributed by atoms with van der Waals surface area (Å²) in [6.07, 6.45) is 2.51. The minimum Gasteiger partial charge on any atom is -0.371 e. The van der Waals surface area contributed by atoms with Crippen molar-refractivity contribution in [2.75, 3.05) is 25.0 Å². The third-order valence-electron chi connectivity index (χ3n) is 5.41. The Hall–Kier alpha value is -2.51. The zero-order chi connectivity index (χ0) is 20.4. The molecule has 0 bridgehead atoms. The van der Waals surface area contributed by atoms with Crippen LogP contribution < -0.4 is 4.90 Å². The van der Waals surface area contributed by atoms with E-state index in [1.54, 1.807) is 21.4 Å². The first-order valence-electron chi connectivity index (χ1n) is 9.94. The SMILES string of the molecule is CN(Cc1ccccc1N1CCCC1)Cn1nc(-c2ccccc2F)n(C)c1=S. The quantitative estimate of drug-likeness (QED) is 0.561. The molecule has 2 heterocycles. The van der Waals surface area contributed by atoms with Gasteiger partial charge in [0.2, 0.25) is 0 Å². The van der Waals surface area contributed by atoms with Crippen molar-refractivity contribution in [2.24, 2.45) is 7.05 Å². The number of aromatic nitrogens is 3. The molecule has 3 aromatic rings. The monoisotopic (exact) mass is 411 g/mol. The van der Waals surface area contributed by atoms with Gasteiger partial charge in [0.25, 0.3) is 0 Å². The second-order valence-electron chi connectivity index (χ2n) is 7.62. The molecular formula is C22H26FN5S. The molecule has 5 nitrogen and oxygen atoms in total. The Balaban J connectivity index is 1.54. The van der Waals surface area contributed by atoms with Crippen molar-refractivity contribution in [1.29, 1.82) is 0 Å². The summed E-state index contributed by atoms with van der Waals surface area (Å²) in [6.45, 7) is 3.57. The van der Waals surface area contributed by atoms with Gasteiger partial charge in [-0.3, -0.25) is 4.90 Å². The molecule has 1 aliphatic rings. The number of rotatable bonds is 6. The number of benzene rings is 2. The molecule has 0 saturated carbocycles. The van der Waals surface area contributed by atoms with Gasteiger partial charge in [-0.1, -0.05) is 30.3 Å². The third kappa shape index (κ3) is 4.11. The smallest absolute Gasteiger partial charge is 0.199 e. The lowest BCUT2D eigenvalue weighted by Gasteiger charge is -2.24. The predicted octanol–water partition coefficient (Wildman–Crippen LogP) is 4.45. The molecule has 0 N–H and O–H groups in total. The van der Waals surface area contributed by atoms with Crippen LogP contribution in [0.15, 0.2) is 48.5 Å². The number of hydrogen-bond acceptors (Lipinski definition) is 4. The lowest BCUT2D eigenvalue weighted by atomic mass is 10.1. The summed E-state index contributed by atoms with van der Waals surface area (Å²) < 4.78 is 18.3. The van der Waals surface area contributed by atoms with E-state index in [4.69, 9.17) is 12.2 Å². The van der Waals surface area contributed by atoms with Crippen molar-refractivity contribution < 1.29 is 4.39 Å². The van der Waals surface area contributed by atoms with E-state index in [0.717, 1.165) is 19.6 Å². The summed E-state index contributed by atoms with van der Waals surface area (Å²) in [6, 6.07) is 15.2. The van der Waals surface area contributed by atoms with Gasteiger partial charge in [-0.2, -0.15) is 5.10 Å². The Labute approximate surface area is 176 Å². The Morgan fingerprint density at radius 1 is 1.07 bits per heavy atom. The molecule has 1 aliphatic heterocycles. The van der Waals surface area contributed by atoms with E-state index in [9.17, 15) is 4.39 Å². The van der Waals surface area contributed by atoms with Gasteiger partial charge >= 0.3 is 0 Å². The maximum Gasteiger partial charge on any atom is 0.199 e. The minimum absolute atomic E-state index is 0.296. The van der Waals surface area contributed by atoms with Crippen LogP contribution in [0.5, 0.6) is 0 Å². The summed E-state index contributed by atoms with van der Waals surface area (Å²) in [7, 11) is 3.89. The van der Waals surface area contributed by atoms with Crippen LogP contribution in [0, 0.1) is 10.6 Å². The first-order chi connectivity index (χ1) is 14.0. The van der Waals surface area contributed by atoms with Crippen molar-refractivity contribution in [3.63, 3.8) is 0 Å². The fourth-order valence-corrected chi connectivity index (χ4v) is 4.12. The molecule has 0 aliphatic carbocycles. The highest BCUT2D eigenvalue weighted by Gasteiger charge is 2.17. The fourth-order valence-electron chi connectivity index (χ4n) is 3.94. The molecule has 152 valence electrons. The Kier molecular flexibility index (Phi) is 5.78. The maximum atomic E-state index is 14.2. The summed E-state index contributed by atoms with van der Waals surface area (Å²) in [5.74, 6) is 0.245. The molecule has 0 spiro atoms. The number of para-hydroxylation sites is 1. The first kappa shape index (κ1) is 19.8. The molecule has 0 atom stereocenters. The Morgan fingerprint density at radius 3 is 2.52 bits per heavy atom. The molecule has 2 aromatic carbocycles. The second-order valence-corrected chi connectivity index (χ2v) is 7.99. The lowest BCUT2D eigenvalue weighted by molar-refractivity contribution is 0.244. The standard InChI is InChI=1S/C22H26FN5S/c1-25(15-17-9-3-6-12-20(17)27-13-7-8-14-27)16-28-22(29)26(2)21(24-28)18-10-4-5-11-19(18)23/h3-6,9-12H,7-8,13-16H2,1-2H3. The van der Waals surface area contributed by atoms with Crippen molar-refractivity contribution in [1.82, 2.24) is 19.2 Å². The maximum absolute atomic E-state index is 14.2. The molecule has 29 heavy (non-hydrogen) atoms. The van der Waals surface area contributed by atoms with E-state index in [-0.39, 0.29) is 5.82 Å². The number of halogens is 1. The van der Waals surface area contributed by atoms with Gasteiger partial charge in [-0.15, -0.1) is 0 Å².